The van der Waals surface area contributed by atoms with Crippen LogP contribution in [0.2, 0.25) is 0 Å². The molecule has 1 N–H and O–H groups in total. The zero-order valence-electron chi connectivity index (χ0n) is 13.7. The van der Waals surface area contributed by atoms with Gasteiger partial charge in [0.05, 0.1) is 30.0 Å². The summed E-state index contributed by atoms with van der Waals surface area (Å²) in [5, 5.41) is 3.44. The van der Waals surface area contributed by atoms with E-state index < -0.39 is 0 Å². The molecule has 0 aromatic rings. The molecule has 122 valence electrons. The molecule has 3 fully saturated rings. The van der Waals surface area contributed by atoms with E-state index >= 15 is 0 Å². The maximum atomic E-state index is 6.20. The van der Waals surface area contributed by atoms with Gasteiger partial charge in [-0.15, -0.1) is 0 Å². The predicted molar refractivity (Wildman–Crippen MR) is 82.6 cm³/mol. The van der Waals surface area contributed by atoms with Gasteiger partial charge in [0, 0.05) is 26.1 Å². The second kappa shape index (κ2) is 6.53. The third-order valence-corrected chi connectivity index (χ3v) is 5.14. The molecule has 21 heavy (non-hydrogen) atoms. The summed E-state index contributed by atoms with van der Waals surface area (Å²) in [6.07, 6.45) is 9.09. The van der Waals surface area contributed by atoms with Gasteiger partial charge in [0.25, 0.3) is 0 Å². The van der Waals surface area contributed by atoms with Crippen molar-refractivity contribution in [2.45, 2.75) is 82.2 Å². The van der Waals surface area contributed by atoms with Crippen LogP contribution in [-0.4, -0.2) is 49.7 Å². The van der Waals surface area contributed by atoms with E-state index in [1.165, 1.54) is 32.1 Å². The van der Waals surface area contributed by atoms with Gasteiger partial charge >= 0.3 is 0 Å². The standard InChI is InChI=1S/C17H31NO3/c1-16(2)13-18-11-15(21-16)12-19-14-6-9-20-17(10-14)7-4-3-5-8-17/h14-15,18H,3-13H2,1-2H3. The predicted octanol–water partition coefficient (Wildman–Crippen LogP) is 2.65. The Morgan fingerprint density at radius 1 is 1.19 bits per heavy atom. The topological polar surface area (TPSA) is 39.7 Å². The molecule has 3 aliphatic rings. The molecule has 0 aromatic heterocycles. The monoisotopic (exact) mass is 297 g/mol. The average Bonchev–Trinajstić information content (AvgIpc) is 2.45. The number of nitrogens with one attached hydrogen (secondary N) is 1. The van der Waals surface area contributed by atoms with Gasteiger partial charge < -0.3 is 19.5 Å². The van der Waals surface area contributed by atoms with E-state index in [0.29, 0.717) is 12.7 Å². The van der Waals surface area contributed by atoms with Crippen molar-refractivity contribution in [1.82, 2.24) is 5.32 Å². The number of rotatable bonds is 3. The second-order valence-corrected chi connectivity index (χ2v) is 7.67. The molecule has 0 amide bonds. The van der Waals surface area contributed by atoms with Crippen LogP contribution in [0.4, 0.5) is 0 Å². The van der Waals surface area contributed by atoms with Crippen molar-refractivity contribution >= 4 is 0 Å². The van der Waals surface area contributed by atoms with Crippen LogP contribution in [-0.2, 0) is 14.2 Å². The van der Waals surface area contributed by atoms with Crippen LogP contribution in [0.3, 0.4) is 0 Å². The van der Waals surface area contributed by atoms with Gasteiger partial charge in [-0.05, 0) is 33.1 Å². The minimum Gasteiger partial charge on any atom is -0.375 e. The van der Waals surface area contributed by atoms with Crippen LogP contribution in [0.25, 0.3) is 0 Å². The molecule has 2 atom stereocenters. The zero-order chi connectivity index (χ0) is 14.8. The third kappa shape index (κ3) is 4.19. The molecule has 2 heterocycles. The quantitative estimate of drug-likeness (QED) is 0.869. The highest BCUT2D eigenvalue weighted by molar-refractivity contribution is 4.90. The van der Waals surface area contributed by atoms with Crippen LogP contribution < -0.4 is 5.32 Å². The Balaban J connectivity index is 1.46. The third-order valence-electron chi connectivity index (χ3n) is 5.14. The molecule has 2 unspecified atom stereocenters. The van der Waals surface area contributed by atoms with Crippen molar-refractivity contribution in [3.8, 4) is 0 Å². The molecule has 4 heteroatoms. The highest BCUT2D eigenvalue weighted by Crippen LogP contribution is 2.39. The van der Waals surface area contributed by atoms with E-state index in [4.69, 9.17) is 14.2 Å². The summed E-state index contributed by atoms with van der Waals surface area (Å²) in [5.41, 5.74) is 0.0542. The van der Waals surface area contributed by atoms with Gasteiger partial charge in [-0.1, -0.05) is 19.3 Å². The molecule has 1 aliphatic carbocycles. The average molecular weight is 297 g/mol. The first-order chi connectivity index (χ1) is 10.1. The maximum absolute atomic E-state index is 6.20. The molecule has 4 nitrogen and oxygen atoms in total. The smallest absolute Gasteiger partial charge is 0.0940 e. The Kier molecular flexibility index (Phi) is 4.89. The lowest BCUT2D eigenvalue weighted by Gasteiger charge is -2.44. The highest BCUT2D eigenvalue weighted by atomic mass is 16.6. The molecule has 1 saturated carbocycles. The van der Waals surface area contributed by atoms with Crippen molar-refractivity contribution in [2.75, 3.05) is 26.3 Å². The van der Waals surface area contributed by atoms with Gasteiger partial charge in [0.15, 0.2) is 0 Å². The van der Waals surface area contributed by atoms with Gasteiger partial charge in [-0.3, -0.25) is 0 Å². The minimum atomic E-state index is -0.0768. The Bertz CT molecular complexity index is 333. The highest BCUT2D eigenvalue weighted by Gasteiger charge is 2.39. The Morgan fingerprint density at radius 2 is 2.00 bits per heavy atom. The van der Waals surface area contributed by atoms with Crippen LogP contribution in [0.15, 0.2) is 0 Å². The molecular weight excluding hydrogens is 266 g/mol. The second-order valence-electron chi connectivity index (χ2n) is 7.67. The van der Waals surface area contributed by atoms with Crippen LogP contribution in [0, 0.1) is 0 Å². The van der Waals surface area contributed by atoms with E-state index in [9.17, 15) is 0 Å². The fourth-order valence-corrected chi connectivity index (χ4v) is 4.07. The summed E-state index contributed by atoms with van der Waals surface area (Å²) in [7, 11) is 0. The molecule has 0 radical (unpaired) electrons. The number of hydrogen-bond donors (Lipinski definition) is 1. The molecule has 3 rings (SSSR count). The summed E-state index contributed by atoms with van der Waals surface area (Å²) in [4.78, 5) is 0. The molecule has 0 aromatic carbocycles. The lowest BCUT2D eigenvalue weighted by Crippen LogP contribution is -2.52. The summed E-state index contributed by atoms with van der Waals surface area (Å²) >= 11 is 0. The summed E-state index contributed by atoms with van der Waals surface area (Å²) in [5.74, 6) is 0. The normalized spacial score (nSPS) is 35.7. The number of hydrogen-bond acceptors (Lipinski definition) is 4. The number of morpholine rings is 1. The summed E-state index contributed by atoms with van der Waals surface area (Å²) in [6.45, 7) is 7.66. The number of ether oxygens (including phenoxy) is 3. The molecule has 2 aliphatic heterocycles. The fraction of sp³-hybridized carbons (Fsp3) is 1.00. The van der Waals surface area contributed by atoms with Crippen molar-refractivity contribution < 1.29 is 14.2 Å². The lowest BCUT2D eigenvalue weighted by molar-refractivity contribution is -0.171. The van der Waals surface area contributed by atoms with E-state index in [2.05, 4.69) is 19.2 Å². The minimum absolute atomic E-state index is 0.0768. The van der Waals surface area contributed by atoms with Crippen LogP contribution in [0.1, 0.15) is 58.8 Å². The van der Waals surface area contributed by atoms with Crippen LogP contribution >= 0.6 is 0 Å². The van der Waals surface area contributed by atoms with Crippen molar-refractivity contribution in [2.24, 2.45) is 0 Å². The van der Waals surface area contributed by atoms with E-state index in [-0.39, 0.29) is 17.3 Å². The van der Waals surface area contributed by atoms with E-state index in [0.717, 1.165) is 32.5 Å². The van der Waals surface area contributed by atoms with Gasteiger partial charge in [0.2, 0.25) is 0 Å². The van der Waals surface area contributed by atoms with Gasteiger partial charge in [-0.2, -0.15) is 0 Å². The zero-order valence-corrected chi connectivity index (χ0v) is 13.7. The van der Waals surface area contributed by atoms with E-state index in [1.54, 1.807) is 0 Å². The SMILES string of the molecule is CC1(C)CNCC(COC2CCOC3(CCCCC3)C2)O1. The van der Waals surface area contributed by atoms with Crippen molar-refractivity contribution in [3.63, 3.8) is 0 Å². The Morgan fingerprint density at radius 3 is 2.76 bits per heavy atom. The van der Waals surface area contributed by atoms with Crippen molar-refractivity contribution in [3.05, 3.63) is 0 Å². The first-order valence-corrected chi connectivity index (χ1v) is 8.71. The molecule has 0 bridgehead atoms. The van der Waals surface area contributed by atoms with Gasteiger partial charge in [0.1, 0.15) is 0 Å². The molecule has 2 saturated heterocycles. The fourth-order valence-electron chi connectivity index (χ4n) is 4.07. The van der Waals surface area contributed by atoms with Crippen LogP contribution in [0.5, 0.6) is 0 Å². The summed E-state index contributed by atoms with van der Waals surface area (Å²) < 4.78 is 18.4. The van der Waals surface area contributed by atoms with E-state index in [1.807, 2.05) is 0 Å². The largest absolute Gasteiger partial charge is 0.375 e. The Labute approximate surface area is 128 Å². The molecular formula is C17H31NO3. The first-order valence-electron chi connectivity index (χ1n) is 8.71. The molecule has 1 spiro atoms. The van der Waals surface area contributed by atoms with Crippen molar-refractivity contribution in [1.29, 1.82) is 0 Å². The Hall–Kier alpha value is -0.160. The lowest BCUT2D eigenvalue weighted by atomic mass is 9.79. The van der Waals surface area contributed by atoms with Gasteiger partial charge in [-0.25, -0.2) is 0 Å². The first kappa shape index (κ1) is 15.7. The summed E-state index contributed by atoms with van der Waals surface area (Å²) in [6, 6.07) is 0. The maximum Gasteiger partial charge on any atom is 0.0940 e.